The highest BCUT2D eigenvalue weighted by molar-refractivity contribution is 9.10. The van der Waals surface area contributed by atoms with E-state index in [2.05, 4.69) is 87.1 Å². The maximum absolute atomic E-state index is 3.68. The molecule has 0 aliphatic carbocycles. The molecule has 0 fully saturated rings. The zero-order valence-electron chi connectivity index (χ0n) is 14.6. The predicted molar refractivity (Wildman–Crippen MR) is 97.8 cm³/mol. The van der Waals surface area contributed by atoms with E-state index in [-0.39, 0.29) is 5.54 Å². The molecular formula is C19H32BrN. The van der Waals surface area contributed by atoms with Gasteiger partial charge in [-0.3, -0.25) is 0 Å². The summed E-state index contributed by atoms with van der Waals surface area (Å²) in [6.07, 6.45) is 3.72. The highest BCUT2D eigenvalue weighted by atomic mass is 79.9. The van der Waals surface area contributed by atoms with Gasteiger partial charge in [-0.2, -0.15) is 0 Å². The van der Waals surface area contributed by atoms with Crippen LogP contribution in [0.4, 0.5) is 0 Å². The zero-order chi connectivity index (χ0) is 16.1. The molecule has 0 aliphatic rings. The summed E-state index contributed by atoms with van der Waals surface area (Å²) < 4.78 is 1.16. The van der Waals surface area contributed by atoms with Crippen LogP contribution in [-0.2, 0) is 6.42 Å². The minimum absolute atomic E-state index is 0.194. The number of rotatable bonds is 6. The number of halogens is 1. The van der Waals surface area contributed by atoms with Gasteiger partial charge in [-0.25, -0.2) is 0 Å². The molecule has 0 radical (unpaired) electrons. The van der Waals surface area contributed by atoms with E-state index in [1.165, 1.54) is 18.4 Å². The van der Waals surface area contributed by atoms with E-state index >= 15 is 0 Å². The molecule has 0 aromatic heterocycles. The predicted octanol–water partition coefficient (Wildman–Crippen LogP) is 5.82. The second kappa shape index (κ2) is 7.78. The molecule has 1 N–H and O–H groups in total. The Balaban J connectivity index is 2.64. The van der Waals surface area contributed by atoms with Crippen LogP contribution >= 0.6 is 15.9 Å². The summed E-state index contributed by atoms with van der Waals surface area (Å²) in [6, 6.07) is 8.77. The molecule has 2 heteroatoms. The topological polar surface area (TPSA) is 12.0 Å². The van der Waals surface area contributed by atoms with Crippen LogP contribution in [0.15, 0.2) is 28.7 Å². The van der Waals surface area contributed by atoms with Crippen LogP contribution in [0.5, 0.6) is 0 Å². The van der Waals surface area contributed by atoms with Crippen molar-refractivity contribution in [2.45, 2.75) is 66.3 Å². The van der Waals surface area contributed by atoms with Crippen LogP contribution in [0.3, 0.4) is 0 Å². The fraction of sp³-hybridized carbons (Fsp3) is 0.684. The molecular weight excluding hydrogens is 322 g/mol. The van der Waals surface area contributed by atoms with E-state index in [1.807, 2.05) is 0 Å². The third-order valence-corrected chi connectivity index (χ3v) is 4.19. The molecule has 1 rings (SSSR count). The third kappa shape index (κ3) is 9.31. The Morgan fingerprint density at radius 2 is 1.57 bits per heavy atom. The van der Waals surface area contributed by atoms with Crippen molar-refractivity contribution in [2.24, 2.45) is 11.3 Å². The van der Waals surface area contributed by atoms with E-state index in [0.29, 0.717) is 11.3 Å². The smallest absolute Gasteiger partial charge is 0.0175 e. The van der Waals surface area contributed by atoms with Crippen LogP contribution < -0.4 is 5.32 Å². The van der Waals surface area contributed by atoms with Gasteiger partial charge in [0.1, 0.15) is 0 Å². The van der Waals surface area contributed by atoms with Gasteiger partial charge in [-0.1, -0.05) is 48.8 Å². The van der Waals surface area contributed by atoms with Crippen LogP contribution in [0.25, 0.3) is 0 Å². The maximum atomic E-state index is 3.68. The summed E-state index contributed by atoms with van der Waals surface area (Å²) in [5, 5.41) is 3.68. The highest BCUT2D eigenvalue weighted by Crippen LogP contribution is 2.26. The van der Waals surface area contributed by atoms with Crippen LogP contribution in [-0.4, -0.2) is 12.1 Å². The lowest BCUT2D eigenvalue weighted by molar-refractivity contribution is 0.295. The molecule has 0 saturated heterocycles. The molecule has 0 heterocycles. The second-order valence-corrected chi connectivity index (χ2v) is 9.34. The SMILES string of the molecule is CC(C)(C)CCC(CNC(C)(C)C)Cc1ccc(Br)cc1. The summed E-state index contributed by atoms with van der Waals surface area (Å²) in [5.74, 6) is 0.699. The minimum Gasteiger partial charge on any atom is -0.312 e. The lowest BCUT2D eigenvalue weighted by atomic mass is 9.84. The Morgan fingerprint density at radius 3 is 2.05 bits per heavy atom. The average molecular weight is 354 g/mol. The molecule has 1 atom stereocenters. The van der Waals surface area contributed by atoms with Gasteiger partial charge in [0.25, 0.3) is 0 Å². The summed E-state index contributed by atoms with van der Waals surface area (Å²) >= 11 is 3.51. The Kier molecular flexibility index (Phi) is 6.93. The van der Waals surface area contributed by atoms with E-state index in [1.54, 1.807) is 0 Å². The molecule has 1 aromatic carbocycles. The largest absolute Gasteiger partial charge is 0.312 e. The number of hydrogen-bond acceptors (Lipinski definition) is 1. The van der Waals surface area contributed by atoms with Gasteiger partial charge in [-0.05, 0) is 75.6 Å². The third-order valence-electron chi connectivity index (χ3n) is 3.66. The molecule has 120 valence electrons. The zero-order valence-corrected chi connectivity index (χ0v) is 16.2. The number of benzene rings is 1. The Hall–Kier alpha value is -0.340. The monoisotopic (exact) mass is 353 g/mol. The second-order valence-electron chi connectivity index (χ2n) is 8.43. The van der Waals surface area contributed by atoms with E-state index < -0.39 is 0 Å². The molecule has 0 spiro atoms. The van der Waals surface area contributed by atoms with Gasteiger partial charge in [-0.15, -0.1) is 0 Å². The Labute approximate surface area is 140 Å². The first-order chi connectivity index (χ1) is 9.55. The summed E-state index contributed by atoms with van der Waals surface area (Å²) in [4.78, 5) is 0. The minimum atomic E-state index is 0.194. The average Bonchev–Trinajstić information content (AvgIpc) is 2.33. The van der Waals surface area contributed by atoms with Gasteiger partial charge in [0.15, 0.2) is 0 Å². The molecule has 1 nitrogen and oxygen atoms in total. The first kappa shape index (κ1) is 18.7. The summed E-state index contributed by atoms with van der Waals surface area (Å²) in [6.45, 7) is 14.8. The van der Waals surface area contributed by atoms with Gasteiger partial charge < -0.3 is 5.32 Å². The van der Waals surface area contributed by atoms with Gasteiger partial charge in [0.2, 0.25) is 0 Å². The Morgan fingerprint density at radius 1 is 1.00 bits per heavy atom. The quantitative estimate of drug-likeness (QED) is 0.678. The van der Waals surface area contributed by atoms with Crippen LogP contribution in [0.2, 0.25) is 0 Å². The van der Waals surface area contributed by atoms with Crippen molar-refractivity contribution >= 4 is 15.9 Å². The van der Waals surface area contributed by atoms with Gasteiger partial charge >= 0.3 is 0 Å². The molecule has 1 aromatic rings. The molecule has 0 aliphatic heterocycles. The standard InChI is InChI=1S/C19H32BrN/c1-18(2,3)12-11-16(14-21-19(4,5)6)13-15-7-9-17(20)10-8-15/h7-10,16,21H,11-14H2,1-6H3. The highest BCUT2D eigenvalue weighted by Gasteiger charge is 2.18. The first-order valence-electron chi connectivity index (χ1n) is 8.05. The van der Waals surface area contributed by atoms with E-state index in [9.17, 15) is 0 Å². The lowest BCUT2D eigenvalue weighted by Gasteiger charge is -2.28. The maximum Gasteiger partial charge on any atom is 0.0175 e. The molecule has 21 heavy (non-hydrogen) atoms. The molecule has 0 saturated carbocycles. The fourth-order valence-corrected chi connectivity index (χ4v) is 2.58. The van der Waals surface area contributed by atoms with Gasteiger partial charge in [0.05, 0.1) is 0 Å². The normalized spacial score (nSPS) is 14.2. The number of hydrogen-bond donors (Lipinski definition) is 1. The van der Waals surface area contributed by atoms with Crippen molar-refractivity contribution in [3.8, 4) is 0 Å². The van der Waals surface area contributed by atoms with Crippen molar-refractivity contribution < 1.29 is 0 Å². The van der Waals surface area contributed by atoms with Crippen molar-refractivity contribution in [2.75, 3.05) is 6.54 Å². The van der Waals surface area contributed by atoms with Crippen LogP contribution in [0.1, 0.15) is 59.9 Å². The van der Waals surface area contributed by atoms with Gasteiger partial charge in [0, 0.05) is 10.0 Å². The first-order valence-corrected chi connectivity index (χ1v) is 8.84. The Bertz CT molecular complexity index is 391. The van der Waals surface area contributed by atoms with E-state index in [4.69, 9.17) is 0 Å². The summed E-state index contributed by atoms with van der Waals surface area (Å²) in [5.41, 5.74) is 2.05. The van der Waals surface area contributed by atoms with Crippen molar-refractivity contribution in [3.05, 3.63) is 34.3 Å². The fourth-order valence-electron chi connectivity index (χ4n) is 2.32. The molecule has 0 amide bonds. The van der Waals surface area contributed by atoms with E-state index in [0.717, 1.165) is 17.4 Å². The lowest BCUT2D eigenvalue weighted by Crippen LogP contribution is -2.39. The van der Waals surface area contributed by atoms with Crippen molar-refractivity contribution in [1.82, 2.24) is 5.32 Å². The van der Waals surface area contributed by atoms with Crippen molar-refractivity contribution in [1.29, 1.82) is 0 Å². The number of nitrogens with one attached hydrogen (secondary N) is 1. The van der Waals surface area contributed by atoms with Crippen molar-refractivity contribution in [3.63, 3.8) is 0 Å². The summed E-state index contributed by atoms with van der Waals surface area (Å²) in [7, 11) is 0. The molecule has 1 unspecified atom stereocenters. The molecule has 0 bridgehead atoms. The van der Waals surface area contributed by atoms with Crippen LogP contribution in [0, 0.1) is 11.3 Å².